The molecule has 0 fully saturated rings. The third kappa shape index (κ3) is 1.89. The van der Waals surface area contributed by atoms with E-state index in [-0.39, 0.29) is 10.0 Å². The van der Waals surface area contributed by atoms with Crippen LogP contribution in [0.25, 0.3) is 0 Å². The second-order valence-corrected chi connectivity index (χ2v) is 3.28. The number of aliphatic hydroxyl groups is 1. The first-order chi connectivity index (χ1) is 5.52. The molecule has 0 unspecified atom stereocenters. The molecule has 0 saturated heterocycles. The van der Waals surface area contributed by atoms with Gasteiger partial charge in [0.1, 0.15) is 5.82 Å². The van der Waals surface area contributed by atoms with E-state index in [0.717, 1.165) is 6.07 Å². The van der Waals surface area contributed by atoms with Gasteiger partial charge in [-0.3, -0.25) is 0 Å². The Kier molecular flexibility index (Phi) is 2.94. The van der Waals surface area contributed by atoms with Crippen molar-refractivity contribution in [3.05, 3.63) is 33.6 Å². The molecule has 1 N–H and O–H groups in total. The summed E-state index contributed by atoms with van der Waals surface area (Å²) in [5, 5.41) is 9.36. The summed E-state index contributed by atoms with van der Waals surface area (Å²) in [7, 11) is 0. The van der Waals surface area contributed by atoms with Crippen LogP contribution in [0.3, 0.4) is 0 Å². The molecule has 0 aliphatic carbocycles. The summed E-state index contributed by atoms with van der Waals surface area (Å²) in [6, 6.07) is 2.41. The van der Waals surface area contributed by atoms with Crippen LogP contribution in [0.5, 0.6) is 0 Å². The number of hydrogen-bond donors (Lipinski definition) is 1. The average Bonchev–Trinajstić information content (AvgIpc) is 1.96. The standard InChI is InChI=1S/C8H7Cl2FO/c1-4(12)5-2-8(11)7(10)3-6(5)9/h2-4,12H,1H3/t4-/m0/s1. The molecule has 1 aromatic rings. The molecule has 0 aliphatic heterocycles. The third-order valence-electron chi connectivity index (χ3n) is 1.49. The highest BCUT2D eigenvalue weighted by molar-refractivity contribution is 6.35. The highest BCUT2D eigenvalue weighted by atomic mass is 35.5. The molecule has 1 atom stereocenters. The number of aliphatic hydroxyl groups excluding tert-OH is 1. The zero-order chi connectivity index (χ0) is 9.30. The maximum Gasteiger partial charge on any atom is 0.142 e. The molecule has 66 valence electrons. The Hall–Kier alpha value is -0.310. The molecule has 1 nitrogen and oxygen atoms in total. The summed E-state index contributed by atoms with van der Waals surface area (Å²) >= 11 is 11.1. The van der Waals surface area contributed by atoms with Crippen LogP contribution in [0.2, 0.25) is 10.0 Å². The van der Waals surface area contributed by atoms with Crippen molar-refractivity contribution in [3.8, 4) is 0 Å². The lowest BCUT2D eigenvalue weighted by Crippen LogP contribution is -1.93. The Morgan fingerprint density at radius 2 is 1.92 bits per heavy atom. The average molecular weight is 209 g/mol. The Bertz CT molecular complexity index is 299. The van der Waals surface area contributed by atoms with Crippen molar-refractivity contribution in [2.24, 2.45) is 0 Å². The fraction of sp³-hybridized carbons (Fsp3) is 0.250. The minimum atomic E-state index is -0.788. The van der Waals surface area contributed by atoms with E-state index in [4.69, 9.17) is 28.3 Å². The summed E-state index contributed by atoms with van der Waals surface area (Å²) in [6.45, 7) is 1.51. The van der Waals surface area contributed by atoms with E-state index >= 15 is 0 Å². The van der Waals surface area contributed by atoms with Gasteiger partial charge >= 0.3 is 0 Å². The number of rotatable bonds is 1. The van der Waals surface area contributed by atoms with Gasteiger partial charge < -0.3 is 5.11 Å². The van der Waals surface area contributed by atoms with Crippen molar-refractivity contribution in [1.29, 1.82) is 0 Å². The fourth-order valence-corrected chi connectivity index (χ4v) is 1.40. The molecule has 1 rings (SSSR count). The molecule has 0 radical (unpaired) electrons. The van der Waals surface area contributed by atoms with Crippen LogP contribution in [0.4, 0.5) is 4.39 Å². The predicted octanol–water partition coefficient (Wildman–Crippen LogP) is 3.19. The lowest BCUT2D eigenvalue weighted by atomic mass is 10.1. The quantitative estimate of drug-likeness (QED) is 0.704. The minimum absolute atomic E-state index is 0.0376. The molecular formula is C8H7Cl2FO. The molecule has 0 saturated carbocycles. The van der Waals surface area contributed by atoms with Gasteiger partial charge in [0.2, 0.25) is 0 Å². The summed E-state index contributed by atoms with van der Waals surface area (Å²) < 4.78 is 12.8. The van der Waals surface area contributed by atoms with Crippen LogP contribution in [0.15, 0.2) is 12.1 Å². The zero-order valence-corrected chi connectivity index (χ0v) is 7.83. The normalized spacial score (nSPS) is 13.1. The van der Waals surface area contributed by atoms with Gasteiger partial charge in [0.05, 0.1) is 11.1 Å². The van der Waals surface area contributed by atoms with Crippen molar-refractivity contribution in [2.75, 3.05) is 0 Å². The summed E-state index contributed by atoms with van der Waals surface area (Å²) in [4.78, 5) is 0. The Labute approximate surface area is 79.7 Å². The molecule has 12 heavy (non-hydrogen) atoms. The van der Waals surface area contributed by atoms with E-state index in [9.17, 15) is 4.39 Å². The van der Waals surface area contributed by atoms with Gasteiger partial charge in [-0.2, -0.15) is 0 Å². The first-order valence-corrected chi connectivity index (χ1v) is 4.10. The van der Waals surface area contributed by atoms with Crippen molar-refractivity contribution in [2.45, 2.75) is 13.0 Å². The van der Waals surface area contributed by atoms with Crippen molar-refractivity contribution in [3.63, 3.8) is 0 Å². The number of benzene rings is 1. The van der Waals surface area contributed by atoms with E-state index in [1.165, 1.54) is 13.0 Å². The summed E-state index contributed by atoms with van der Waals surface area (Å²) in [5.41, 5.74) is 0.346. The van der Waals surface area contributed by atoms with Crippen molar-refractivity contribution >= 4 is 23.2 Å². The van der Waals surface area contributed by atoms with Crippen LogP contribution in [0.1, 0.15) is 18.6 Å². The Morgan fingerprint density at radius 3 is 2.42 bits per heavy atom. The van der Waals surface area contributed by atoms with Crippen LogP contribution >= 0.6 is 23.2 Å². The highest BCUT2D eigenvalue weighted by Crippen LogP contribution is 2.28. The highest BCUT2D eigenvalue weighted by Gasteiger charge is 2.10. The van der Waals surface area contributed by atoms with Gasteiger partial charge in [0, 0.05) is 10.6 Å². The lowest BCUT2D eigenvalue weighted by molar-refractivity contribution is 0.199. The molecule has 0 bridgehead atoms. The van der Waals surface area contributed by atoms with Gasteiger partial charge in [-0.25, -0.2) is 4.39 Å². The monoisotopic (exact) mass is 208 g/mol. The van der Waals surface area contributed by atoms with E-state index in [1.54, 1.807) is 0 Å². The number of halogens is 3. The maximum atomic E-state index is 12.8. The van der Waals surface area contributed by atoms with Crippen LogP contribution in [-0.2, 0) is 0 Å². The smallest absolute Gasteiger partial charge is 0.142 e. The van der Waals surface area contributed by atoms with Gasteiger partial charge in [-0.05, 0) is 19.1 Å². The van der Waals surface area contributed by atoms with Gasteiger partial charge in [0.25, 0.3) is 0 Å². The molecule has 0 amide bonds. The van der Waals surface area contributed by atoms with E-state index < -0.39 is 11.9 Å². The van der Waals surface area contributed by atoms with Crippen LogP contribution in [0, 0.1) is 5.82 Å². The SMILES string of the molecule is C[C@H](O)c1cc(F)c(Cl)cc1Cl. The van der Waals surface area contributed by atoms with E-state index in [2.05, 4.69) is 0 Å². The van der Waals surface area contributed by atoms with Gasteiger partial charge in [0.15, 0.2) is 0 Å². The van der Waals surface area contributed by atoms with Gasteiger partial charge in [-0.15, -0.1) is 0 Å². The van der Waals surface area contributed by atoms with E-state index in [1.807, 2.05) is 0 Å². The maximum absolute atomic E-state index is 12.8. The summed E-state index contributed by atoms with van der Waals surface area (Å²) in [5.74, 6) is -0.572. The lowest BCUT2D eigenvalue weighted by Gasteiger charge is -2.07. The first-order valence-electron chi connectivity index (χ1n) is 3.35. The Morgan fingerprint density at radius 1 is 1.33 bits per heavy atom. The summed E-state index contributed by atoms with van der Waals surface area (Å²) in [6.07, 6.45) is -0.788. The Balaban J connectivity index is 3.23. The van der Waals surface area contributed by atoms with Crippen molar-refractivity contribution < 1.29 is 9.50 Å². The third-order valence-corrected chi connectivity index (χ3v) is 2.11. The minimum Gasteiger partial charge on any atom is -0.389 e. The second-order valence-electron chi connectivity index (χ2n) is 2.46. The van der Waals surface area contributed by atoms with E-state index in [0.29, 0.717) is 5.56 Å². The number of hydrogen-bond acceptors (Lipinski definition) is 1. The fourth-order valence-electron chi connectivity index (χ4n) is 0.858. The second kappa shape index (κ2) is 3.60. The molecule has 4 heteroatoms. The zero-order valence-electron chi connectivity index (χ0n) is 6.31. The molecule has 1 aromatic carbocycles. The molecule has 0 aromatic heterocycles. The predicted molar refractivity (Wildman–Crippen MR) is 47.1 cm³/mol. The molecule has 0 heterocycles. The van der Waals surface area contributed by atoms with Crippen LogP contribution < -0.4 is 0 Å². The van der Waals surface area contributed by atoms with Crippen LogP contribution in [-0.4, -0.2) is 5.11 Å². The first kappa shape index (κ1) is 9.78. The molecule has 0 spiro atoms. The molecular weight excluding hydrogens is 202 g/mol. The largest absolute Gasteiger partial charge is 0.389 e. The topological polar surface area (TPSA) is 20.2 Å². The molecule has 0 aliphatic rings. The van der Waals surface area contributed by atoms with Crippen molar-refractivity contribution in [1.82, 2.24) is 0 Å². The van der Waals surface area contributed by atoms with Gasteiger partial charge in [-0.1, -0.05) is 23.2 Å².